The van der Waals surface area contributed by atoms with Gasteiger partial charge in [0.05, 0.1) is 13.2 Å². The van der Waals surface area contributed by atoms with Crippen LogP contribution in [0.25, 0.3) is 0 Å². The highest BCUT2D eigenvalue weighted by atomic mass is 16.5. The van der Waals surface area contributed by atoms with E-state index in [4.69, 9.17) is 13.9 Å². The van der Waals surface area contributed by atoms with Crippen LogP contribution in [0.15, 0.2) is 39.5 Å². The van der Waals surface area contributed by atoms with Gasteiger partial charge in [-0.25, -0.2) is 0 Å². The highest BCUT2D eigenvalue weighted by Crippen LogP contribution is 2.41. The average Bonchev–Trinajstić information content (AvgIpc) is 2.52. The van der Waals surface area contributed by atoms with E-state index in [1.165, 1.54) is 12.1 Å². The fraction of sp³-hybridized carbons (Fsp3) is 0.368. The molecule has 3 rings (SSSR count). The van der Waals surface area contributed by atoms with E-state index in [0.717, 1.165) is 5.56 Å². The van der Waals surface area contributed by atoms with Crippen LogP contribution >= 0.6 is 0 Å². The fourth-order valence-electron chi connectivity index (χ4n) is 3.03. The summed E-state index contributed by atoms with van der Waals surface area (Å²) in [7, 11) is 1.59. The molecule has 0 aliphatic carbocycles. The summed E-state index contributed by atoms with van der Waals surface area (Å²) in [6.07, 6.45) is 0.591. The molecular formula is C19H21NO5. The van der Waals surface area contributed by atoms with Crippen molar-refractivity contribution in [2.75, 3.05) is 7.11 Å². The van der Waals surface area contributed by atoms with Crippen molar-refractivity contribution in [2.24, 2.45) is 0 Å². The zero-order valence-electron chi connectivity index (χ0n) is 14.7. The van der Waals surface area contributed by atoms with Gasteiger partial charge < -0.3 is 19.2 Å². The highest BCUT2D eigenvalue weighted by molar-refractivity contribution is 5.91. The molecule has 0 fully saturated rings. The fourth-order valence-corrected chi connectivity index (χ4v) is 3.03. The molecule has 1 atom stereocenters. The van der Waals surface area contributed by atoms with Crippen molar-refractivity contribution in [2.45, 2.75) is 38.8 Å². The van der Waals surface area contributed by atoms with E-state index in [1.54, 1.807) is 14.0 Å². The molecule has 0 unspecified atom stereocenters. The number of carbonyl (C=O) groups excluding carboxylic acids is 1. The molecule has 1 aromatic heterocycles. The van der Waals surface area contributed by atoms with Gasteiger partial charge in [0.15, 0.2) is 11.2 Å². The third kappa shape index (κ3) is 3.68. The van der Waals surface area contributed by atoms with Crippen molar-refractivity contribution in [3.63, 3.8) is 0 Å². The minimum Gasteiger partial charge on any atom is -0.497 e. The molecular weight excluding hydrogens is 322 g/mol. The minimum atomic E-state index is -0.454. The molecule has 6 heteroatoms. The molecule has 0 spiro atoms. The van der Waals surface area contributed by atoms with Gasteiger partial charge in [-0.05, 0) is 32.9 Å². The maximum Gasteiger partial charge on any atom is 0.287 e. The Labute approximate surface area is 145 Å². The van der Waals surface area contributed by atoms with Gasteiger partial charge in [0.2, 0.25) is 0 Å². The molecule has 0 saturated heterocycles. The van der Waals surface area contributed by atoms with Crippen LogP contribution in [0.1, 0.15) is 48.2 Å². The molecule has 1 aliphatic heterocycles. The molecule has 25 heavy (non-hydrogen) atoms. The van der Waals surface area contributed by atoms with Crippen molar-refractivity contribution < 1.29 is 18.7 Å². The van der Waals surface area contributed by atoms with E-state index in [1.807, 2.05) is 32.0 Å². The third-order valence-corrected chi connectivity index (χ3v) is 4.10. The molecule has 1 N–H and O–H groups in total. The van der Waals surface area contributed by atoms with E-state index in [2.05, 4.69) is 5.32 Å². The number of fused-ring (bicyclic) bond motifs is 1. The Hall–Kier alpha value is -2.76. The lowest BCUT2D eigenvalue weighted by Gasteiger charge is -2.38. The maximum atomic E-state index is 12.6. The number of benzene rings is 1. The summed E-state index contributed by atoms with van der Waals surface area (Å²) in [5.74, 6) is 1.34. The molecule has 1 aliphatic rings. The second-order valence-corrected chi connectivity index (χ2v) is 6.76. The van der Waals surface area contributed by atoms with Crippen molar-refractivity contribution >= 4 is 5.91 Å². The molecule has 0 radical (unpaired) electrons. The molecule has 6 nitrogen and oxygen atoms in total. The van der Waals surface area contributed by atoms with Crippen LogP contribution in [0.4, 0.5) is 0 Å². The van der Waals surface area contributed by atoms with Crippen LogP contribution in [0, 0.1) is 6.92 Å². The second kappa shape index (κ2) is 6.27. The Bertz CT molecular complexity index is 868. The summed E-state index contributed by atoms with van der Waals surface area (Å²) in [6, 6.07) is 7.79. The summed E-state index contributed by atoms with van der Waals surface area (Å²) in [4.78, 5) is 24.2. The van der Waals surface area contributed by atoms with E-state index in [0.29, 0.717) is 23.7 Å². The summed E-state index contributed by atoms with van der Waals surface area (Å²) in [6.45, 7) is 5.56. The van der Waals surface area contributed by atoms with Gasteiger partial charge in [0, 0.05) is 30.2 Å². The highest BCUT2D eigenvalue weighted by Gasteiger charge is 2.35. The van der Waals surface area contributed by atoms with E-state index < -0.39 is 11.5 Å². The summed E-state index contributed by atoms with van der Waals surface area (Å²) < 4.78 is 16.6. The number of rotatable bonds is 3. The number of methoxy groups -OCH3 is 1. The molecule has 1 aromatic carbocycles. The largest absolute Gasteiger partial charge is 0.497 e. The number of ether oxygens (including phenoxy) is 2. The number of amides is 1. The number of nitrogens with one attached hydrogen (secondary N) is 1. The zero-order chi connectivity index (χ0) is 18.2. The Balaban J connectivity index is 1.92. The van der Waals surface area contributed by atoms with Gasteiger partial charge in [0.25, 0.3) is 5.91 Å². The lowest BCUT2D eigenvalue weighted by atomic mass is 9.89. The molecule has 2 heterocycles. The topological polar surface area (TPSA) is 77.8 Å². The lowest BCUT2D eigenvalue weighted by Crippen LogP contribution is -2.41. The van der Waals surface area contributed by atoms with Crippen LogP contribution in [-0.4, -0.2) is 18.6 Å². The number of carbonyl (C=O) groups is 1. The van der Waals surface area contributed by atoms with Crippen LogP contribution in [0.5, 0.6) is 11.5 Å². The maximum absolute atomic E-state index is 12.6. The molecule has 2 aromatic rings. The van der Waals surface area contributed by atoms with Gasteiger partial charge in [0.1, 0.15) is 22.9 Å². The summed E-state index contributed by atoms with van der Waals surface area (Å²) >= 11 is 0. The van der Waals surface area contributed by atoms with Crippen LogP contribution in [0.2, 0.25) is 0 Å². The molecule has 132 valence electrons. The third-order valence-electron chi connectivity index (χ3n) is 4.10. The van der Waals surface area contributed by atoms with E-state index >= 15 is 0 Å². The van der Waals surface area contributed by atoms with E-state index in [9.17, 15) is 9.59 Å². The zero-order valence-corrected chi connectivity index (χ0v) is 14.7. The van der Waals surface area contributed by atoms with Gasteiger partial charge in [-0.2, -0.15) is 0 Å². The predicted molar refractivity (Wildman–Crippen MR) is 92.2 cm³/mol. The van der Waals surface area contributed by atoms with Gasteiger partial charge in [-0.1, -0.05) is 0 Å². The van der Waals surface area contributed by atoms with Crippen molar-refractivity contribution in [1.82, 2.24) is 5.32 Å². The Morgan fingerprint density at radius 2 is 2.04 bits per heavy atom. The number of hydrogen-bond donors (Lipinski definition) is 1. The van der Waals surface area contributed by atoms with Crippen LogP contribution < -0.4 is 20.2 Å². The first-order valence-corrected chi connectivity index (χ1v) is 8.07. The van der Waals surface area contributed by atoms with Crippen molar-refractivity contribution in [3.8, 4) is 11.5 Å². The van der Waals surface area contributed by atoms with Gasteiger partial charge in [-0.15, -0.1) is 0 Å². The summed E-state index contributed by atoms with van der Waals surface area (Å²) in [5, 5.41) is 2.95. The first kappa shape index (κ1) is 17.1. The van der Waals surface area contributed by atoms with Crippen molar-refractivity contribution in [1.29, 1.82) is 0 Å². The second-order valence-electron chi connectivity index (χ2n) is 6.76. The average molecular weight is 343 g/mol. The normalized spacial score (nSPS) is 18.0. The van der Waals surface area contributed by atoms with Crippen LogP contribution in [-0.2, 0) is 0 Å². The van der Waals surface area contributed by atoms with Gasteiger partial charge >= 0.3 is 0 Å². The van der Waals surface area contributed by atoms with Crippen molar-refractivity contribution in [3.05, 3.63) is 57.6 Å². The Morgan fingerprint density at radius 1 is 1.28 bits per heavy atom. The minimum absolute atomic E-state index is 0.00404. The Kier molecular flexibility index (Phi) is 4.29. The Morgan fingerprint density at radius 3 is 2.72 bits per heavy atom. The quantitative estimate of drug-likeness (QED) is 0.927. The molecule has 1 amide bonds. The lowest BCUT2D eigenvalue weighted by molar-refractivity contribution is 0.0608. The van der Waals surface area contributed by atoms with Crippen LogP contribution in [0.3, 0.4) is 0 Å². The monoisotopic (exact) mass is 343 g/mol. The predicted octanol–water partition coefficient (Wildman–Crippen LogP) is 2.99. The first-order chi connectivity index (χ1) is 11.8. The first-order valence-electron chi connectivity index (χ1n) is 8.07. The number of aryl methyl sites for hydroxylation is 1. The van der Waals surface area contributed by atoms with Gasteiger partial charge in [-0.3, -0.25) is 9.59 Å². The number of hydrogen-bond acceptors (Lipinski definition) is 5. The smallest absolute Gasteiger partial charge is 0.287 e. The molecule has 0 saturated carbocycles. The molecule has 0 bridgehead atoms. The van der Waals surface area contributed by atoms with E-state index in [-0.39, 0.29) is 17.2 Å². The summed E-state index contributed by atoms with van der Waals surface area (Å²) in [5.41, 5.74) is 0.153. The standard InChI is InChI=1S/C19H21NO5/c1-11-7-12(21)8-17(24-11)18(22)20-15-10-19(2,3)25-16-9-13(23-4)5-6-14(15)16/h5-9,15H,10H2,1-4H3,(H,20,22)/t15-/m0/s1. The SMILES string of the molecule is COc1ccc2c(c1)OC(C)(C)C[C@@H]2NC(=O)c1cc(=O)cc(C)o1.